The van der Waals surface area contributed by atoms with Gasteiger partial charge in [0, 0.05) is 6.20 Å². The van der Waals surface area contributed by atoms with Crippen LogP contribution in [0.25, 0.3) is 0 Å². The fourth-order valence-corrected chi connectivity index (χ4v) is 1.77. The maximum Gasteiger partial charge on any atom is 0.355 e. The monoisotopic (exact) mass is 288 g/mol. The van der Waals surface area contributed by atoms with E-state index in [0.717, 1.165) is 5.56 Å². The van der Waals surface area contributed by atoms with Gasteiger partial charge in [0.05, 0.1) is 12.8 Å². The average Bonchev–Trinajstić information content (AvgIpc) is 2.99. The minimum absolute atomic E-state index is 0.302. The summed E-state index contributed by atoms with van der Waals surface area (Å²) in [4.78, 5) is 26.1. The smallest absolute Gasteiger partial charge is 0.355 e. The third-order valence-electron chi connectivity index (χ3n) is 2.78. The molecule has 6 heteroatoms. The summed E-state index contributed by atoms with van der Waals surface area (Å²) in [6.45, 7) is 1.54. The maximum absolute atomic E-state index is 11.8. The largest absolute Gasteiger partial charge is 0.495 e. The van der Waals surface area contributed by atoms with Crippen molar-refractivity contribution >= 4 is 17.6 Å². The molecule has 2 N–H and O–H groups in total. The summed E-state index contributed by atoms with van der Waals surface area (Å²) in [7, 11) is 1.52. The van der Waals surface area contributed by atoms with E-state index in [-0.39, 0.29) is 6.61 Å². The van der Waals surface area contributed by atoms with E-state index in [1.165, 1.54) is 7.11 Å². The SMILES string of the molecule is COc1ccc(C)cc1NC(=O)COC(=O)c1ccc[nH]1. The zero-order chi connectivity index (χ0) is 15.2. The first kappa shape index (κ1) is 14.6. The first-order chi connectivity index (χ1) is 10.1. The molecule has 1 aromatic carbocycles. The number of amides is 1. The second-order valence-corrected chi connectivity index (χ2v) is 4.41. The van der Waals surface area contributed by atoms with Gasteiger partial charge in [-0.05, 0) is 36.8 Å². The van der Waals surface area contributed by atoms with Crippen LogP contribution in [-0.4, -0.2) is 30.6 Å². The molecule has 0 radical (unpaired) electrons. The number of aryl methyl sites for hydroxylation is 1. The summed E-state index contributed by atoms with van der Waals surface area (Å²) in [5.41, 5.74) is 1.82. The van der Waals surface area contributed by atoms with Gasteiger partial charge < -0.3 is 19.8 Å². The van der Waals surface area contributed by atoms with Crippen molar-refractivity contribution in [2.24, 2.45) is 0 Å². The van der Waals surface area contributed by atoms with Gasteiger partial charge in [0.15, 0.2) is 6.61 Å². The van der Waals surface area contributed by atoms with Gasteiger partial charge in [-0.2, -0.15) is 0 Å². The van der Waals surface area contributed by atoms with Gasteiger partial charge in [0.1, 0.15) is 11.4 Å². The summed E-state index contributed by atoms with van der Waals surface area (Å²) < 4.78 is 10.1. The first-order valence-electron chi connectivity index (χ1n) is 6.35. The van der Waals surface area contributed by atoms with Crippen molar-refractivity contribution in [1.29, 1.82) is 0 Å². The molecule has 0 spiro atoms. The number of hydrogen-bond acceptors (Lipinski definition) is 4. The molecule has 2 aromatic rings. The number of methoxy groups -OCH3 is 1. The Kier molecular flexibility index (Phi) is 4.61. The predicted molar refractivity (Wildman–Crippen MR) is 77.4 cm³/mol. The van der Waals surface area contributed by atoms with Crippen molar-refractivity contribution in [3.63, 3.8) is 0 Å². The molecule has 0 fully saturated rings. The average molecular weight is 288 g/mol. The van der Waals surface area contributed by atoms with Crippen LogP contribution in [0.15, 0.2) is 36.5 Å². The molecule has 0 atom stereocenters. The van der Waals surface area contributed by atoms with Gasteiger partial charge in [0.25, 0.3) is 5.91 Å². The highest BCUT2D eigenvalue weighted by Crippen LogP contribution is 2.24. The highest BCUT2D eigenvalue weighted by molar-refractivity contribution is 5.95. The minimum Gasteiger partial charge on any atom is -0.495 e. The quantitative estimate of drug-likeness (QED) is 0.826. The third kappa shape index (κ3) is 3.85. The molecule has 0 saturated carbocycles. The second-order valence-electron chi connectivity index (χ2n) is 4.41. The number of aromatic amines is 1. The lowest BCUT2D eigenvalue weighted by Gasteiger charge is -2.11. The van der Waals surface area contributed by atoms with E-state index < -0.39 is 11.9 Å². The Morgan fingerprint density at radius 3 is 2.76 bits per heavy atom. The van der Waals surface area contributed by atoms with Crippen molar-refractivity contribution < 1.29 is 19.1 Å². The van der Waals surface area contributed by atoms with Gasteiger partial charge in [-0.15, -0.1) is 0 Å². The molecule has 21 heavy (non-hydrogen) atoms. The van der Waals surface area contributed by atoms with Crippen LogP contribution in [0.5, 0.6) is 5.75 Å². The number of hydrogen-bond donors (Lipinski definition) is 2. The number of anilines is 1. The number of carbonyl (C=O) groups excluding carboxylic acids is 2. The van der Waals surface area contributed by atoms with Crippen LogP contribution in [0, 0.1) is 6.92 Å². The van der Waals surface area contributed by atoms with Crippen molar-refractivity contribution in [2.45, 2.75) is 6.92 Å². The summed E-state index contributed by atoms with van der Waals surface area (Å²) in [6, 6.07) is 8.66. The normalized spacial score (nSPS) is 10.0. The first-order valence-corrected chi connectivity index (χ1v) is 6.35. The Balaban J connectivity index is 1.93. The standard InChI is InChI=1S/C15H16N2O4/c1-10-5-6-13(20-2)12(8-10)17-14(18)9-21-15(19)11-4-3-7-16-11/h3-8,16H,9H2,1-2H3,(H,17,18). The highest BCUT2D eigenvalue weighted by atomic mass is 16.5. The Bertz CT molecular complexity index is 635. The molecule has 1 amide bonds. The molecule has 0 aliphatic carbocycles. The van der Waals surface area contributed by atoms with Crippen LogP contribution in [-0.2, 0) is 9.53 Å². The van der Waals surface area contributed by atoms with Crippen molar-refractivity contribution in [2.75, 3.05) is 19.0 Å². The number of nitrogens with one attached hydrogen (secondary N) is 2. The zero-order valence-electron chi connectivity index (χ0n) is 11.8. The van der Waals surface area contributed by atoms with Gasteiger partial charge in [0.2, 0.25) is 0 Å². The molecule has 0 aliphatic rings. The lowest BCUT2D eigenvalue weighted by atomic mass is 10.2. The molecule has 6 nitrogen and oxygen atoms in total. The number of H-pyrrole nitrogens is 1. The number of rotatable bonds is 5. The van der Waals surface area contributed by atoms with Crippen LogP contribution < -0.4 is 10.1 Å². The minimum atomic E-state index is -0.577. The second kappa shape index (κ2) is 6.60. The van der Waals surface area contributed by atoms with Crippen LogP contribution >= 0.6 is 0 Å². The molecule has 0 saturated heterocycles. The Hall–Kier alpha value is -2.76. The molecule has 110 valence electrons. The molecule has 0 aliphatic heterocycles. The van der Waals surface area contributed by atoms with Gasteiger partial charge in [-0.3, -0.25) is 4.79 Å². The third-order valence-corrected chi connectivity index (χ3v) is 2.78. The van der Waals surface area contributed by atoms with E-state index >= 15 is 0 Å². The Morgan fingerprint density at radius 2 is 2.10 bits per heavy atom. The highest BCUT2D eigenvalue weighted by Gasteiger charge is 2.12. The summed E-state index contributed by atoms with van der Waals surface area (Å²) in [5.74, 6) is -0.463. The number of ether oxygens (including phenoxy) is 2. The van der Waals surface area contributed by atoms with E-state index in [2.05, 4.69) is 10.3 Å². The van der Waals surface area contributed by atoms with Crippen molar-refractivity contribution in [3.8, 4) is 5.75 Å². The number of carbonyl (C=O) groups is 2. The van der Waals surface area contributed by atoms with E-state index in [1.807, 2.05) is 13.0 Å². The maximum atomic E-state index is 11.8. The predicted octanol–water partition coefficient (Wildman–Crippen LogP) is 2.13. The van der Waals surface area contributed by atoms with Gasteiger partial charge in [-0.25, -0.2) is 4.79 Å². The lowest BCUT2D eigenvalue weighted by molar-refractivity contribution is -0.119. The fraction of sp³-hybridized carbons (Fsp3) is 0.200. The molecular weight excluding hydrogens is 272 g/mol. The molecular formula is C15H16N2O4. The number of benzene rings is 1. The zero-order valence-corrected chi connectivity index (χ0v) is 11.8. The van der Waals surface area contributed by atoms with E-state index in [9.17, 15) is 9.59 Å². The van der Waals surface area contributed by atoms with Crippen LogP contribution in [0.4, 0.5) is 5.69 Å². The fourth-order valence-electron chi connectivity index (χ4n) is 1.77. The topological polar surface area (TPSA) is 80.4 Å². The van der Waals surface area contributed by atoms with Crippen LogP contribution in [0.3, 0.4) is 0 Å². The van der Waals surface area contributed by atoms with E-state index in [0.29, 0.717) is 17.1 Å². The molecule has 1 heterocycles. The molecule has 2 rings (SSSR count). The van der Waals surface area contributed by atoms with Gasteiger partial charge >= 0.3 is 5.97 Å². The number of esters is 1. The van der Waals surface area contributed by atoms with Crippen molar-refractivity contribution in [1.82, 2.24) is 4.98 Å². The molecule has 1 aromatic heterocycles. The van der Waals surface area contributed by atoms with Gasteiger partial charge in [-0.1, -0.05) is 6.07 Å². The van der Waals surface area contributed by atoms with Crippen molar-refractivity contribution in [3.05, 3.63) is 47.8 Å². The lowest BCUT2D eigenvalue weighted by Crippen LogP contribution is -2.21. The van der Waals surface area contributed by atoms with E-state index in [4.69, 9.17) is 9.47 Å². The number of aromatic nitrogens is 1. The summed E-state index contributed by atoms with van der Waals surface area (Å²) in [5, 5.41) is 2.65. The molecule has 0 unspecified atom stereocenters. The van der Waals surface area contributed by atoms with E-state index in [1.54, 1.807) is 30.5 Å². The summed E-state index contributed by atoms with van der Waals surface area (Å²) in [6.07, 6.45) is 1.61. The van der Waals surface area contributed by atoms with Crippen LogP contribution in [0.2, 0.25) is 0 Å². The molecule has 0 bridgehead atoms. The van der Waals surface area contributed by atoms with Crippen LogP contribution in [0.1, 0.15) is 16.1 Å². The Morgan fingerprint density at radius 1 is 1.29 bits per heavy atom. The summed E-state index contributed by atoms with van der Waals surface area (Å²) >= 11 is 0. The Labute approximate surface area is 122 Å².